The maximum absolute atomic E-state index is 11.6. The summed E-state index contributed by atoms with van der Waals surface area (Å²) in [6.45, 7) is 6.52. The van der Waals surface area contributed by atoms with Crippen molar-refractivity contribution in [1.82, 2.24) is 4.90 Å². The summed E-state index contributed by atoms with van der Waals surface area (Å²) in [6, 6.07) is 0. The van der Waals surface area contributed by atoms with Crippen LogP contribution >= 0.6 is 0 Å². The fraction of sp³-hybridized carbons (Fsp3) is 0.900. The Kier molecular flexibility index (Phi) is 2.96. The number of nitrogens with zero attached hydrogens (tertiary/aromatic N) is 1. The second kappa shape index (κ2) is 3.66. The number of carbonyl (C=O) groups is 1. The van der Waals surface area contributed by atoms with Gasteiger partial charge in [0, 0.05) is 18.5 Å². The molecule has 1 aliphatic rings. The molecule has 1 rings (SSSR count). The number of aliphatic hydroxyl groups excluding tert-OH is 1. The normalized spacial score (nSPS) is 26.5. The first-order valence-electron chi connectivity index (χ1n) is 4.96. The number of hydrogen-bond acceptors (Lipinski definition) is 2. The van der Waals surface area contributed by atoms with Crippen LogP contribution < -0.4 is 0 Å². The van der Waals surface area contributed by atoms with Crippen LogP contribution in [0, 0.1) is 0 Å². The second-order valence-corrected chi connectivity index (χ2v) is 4.42. The number of aliphatic hydroxyl groups is 1. The van der Waals surface area contributed by atoms with Crippen molar-refractivity contribution >= 4 is 5.91 Å². The van der Waals surface area contributed by atoms with Gasteiger partial charge in [-0.1, -0.05) is 6.92 Å². The average Bonchev–Trinajstić information content (AvgIpc) is 2.24. The monoisotopic (exact) mass is 185 g/mol. The highest BCUT2D eigenvalue weighted by Crippen LogP contribution is 2.29. The van der Waals surface area contributed by atoms with Gasteiger partial charge in [0.2, 0.25) is 5.91 Å². The van der Waals surface area contributed by atoms with Crippen LogP contribution in [0.15, 0.2) is 0 Å². The summed E-state index contributed by atoms with van der Waals surface area (Å²) in [5, 5.41) is 9.46. The number of rotatable bonds is 2. The Morgan fingerprint density at radius 1 is 1.62 bits per heavy atom. The molecule has 0 aromatic carbocycles. The topological polar surface area (TPSA) is 40.5 Å². The SMILES string of the molecule is CCCC(=O)N1CC(O)CC1(C)C. The van der Waals surface area contributed by atoms with Gasteiger partial charge >= 0.3 is 0 Å². The molecule has 1 saturated heterocycles. The summed E-state index contributed by atoms with van der Waals surface area (Å²) in [6.07, 6.45) is 1.83. The van der Waals surface area contributed by atoms with Gasteiger partial charge in [-0.3, -0.25) is 4.79 Å². The number of amides is 1. The van der Waals surface area contributed by atoms with E-state index in [1.165, 1.54) is 0 Å². The molecule has 13 heavy (non-hydrogen) atoms. The summed E-state index contributed by atoms with van der Waals surface area (Å²) < 4.78 is 0. The molecule has 0 radical (unpaired) electrons. The van der Waals surface area contributed by atoms with E-state index in [-0.39, 0.29) is 17.6 Å². The number of hydrogen-bond donors (Lipinski definition) is 1. The third-order valence-corrected chi connectivity index (χ3v) is 2.62. The fourth-order valence-electron chi connectivity index (χ4n) is 2.00. The highest BCUT2D eigenvalue weighted by atomic mass is 16.3. The van der Waals surface area contributed by atoms with E-state index in [1.54, 1.807) is 4.90 Å². The predicted molar refractivity (Wildman–Crippen MR) is 51.3 cm³/mol. The molecule has 1 heterocycles. The van der Waals surface area contributed by atoms with E-state index in [2.05, 4.69) is 0 Å². The first-order chi connectivity index (χ1) is 5.97. The Morgan fingerprint density at radius 3 is 2.62 bits per heavy atom. The molecule has 0 aliphatic carbocycles. The average molecular weight is 185 g/mol. The van der Waals surface area contributed by atoms with Crippen molar-refractivity contribution in [2.75, 3.05) is 6.54 Å². The van der Waals surface area contributed by atoms with Crippen LogP contribution in [-0.2, 0) is 4.79 Å². The lowest BCUT2D eigenvalue weighted by Gasteiger charge is -2.31. The molecule has 0 aromatic heterocycles. The van der Waals surface area contributed by atoms with Gasteiger partial charge in [0.05, 0.1) is 6.10 Å². The minimum atomic E-state index is -0.337. The zero-order valence-corrected chi connectivity index (χ0v) is 8.71. The van der Waals surface area contributed by atoms with E-state index >= 15 is 0 Å². The number of β-amino-alcohol motifs (C(OH)–C–C–N with tert-alkyl or cyclic N) is 1. The van der Waals surface area contributed by atoms with Gasteiger partial charge < -0.3 is 10.0 Å². The zero-order chi connectivity index (χ0) is 10.1. The molecular formula is C10H19NO2. The lowest BCUT2D eigenvalue weighted by atomic mass is 10.0. The van der Waals surface area contributed by atoms with Crippen LogP contribution in [0.4, 0.5) is 0 Å². The van der Waals surface area contributed by atoms with E-state index < -0.39 is 0 Å². The zero-order valence-electron chi connectivity index (χ0n) is 8.71. The van der Waals surface area contributed by atoms with Crippen molar-refractivity contribution in [3.8, 4) is 0 Å². The second-order valence-electron chi connectivity index (χ2n) is 4.42. The summed E-state index contributed by atoms with van der Waals surface area (Å²) in [5.74, 6) is 0.170. The quantitative estimate of drug-likeness (QED) is 0.701. The first-order valence-corrected chi connectivity index (χ1v) is 4.96. The smallest absolute Gasteiger partial charge is 0.223 e. The van der Waals surface area contributed by atoms with Gasteiger partial charge in [0.25, 0.3) is 0 Å². The van der Waals surface area contributed by atoms with Crippen LogP contribution in [0.3, 0.4) is 0 Å². The summed E-state index contributed by atoms with van der Waals surface area (Å²) in [7, 11) is 0. The molecule has 1 amide bonds. The standard InChI is InChI=1S/C10H19NO2/c1-4-5-9(13)11-7-8(12)6-10(11,2)3/h8,12H,4-7H2,1-3H3. The third kappa shape index (κ3) is 2.21. The predicted octanol–water partition coefficient (Wildman–Crippen LogP) is 1.16. The molecule has 0 aromatic rings. The Bertz CT molecular complexity index is 201. The van der Waals surface area contributed by atoms with Crippen LogP contribution in [0.5, 0.6) is 0 Å². The first kappa shape index (κ1) is 10.5. The van der Waals surface area contributed by atoms with Gasteiger partial charge in [-0.15, -0.1) is 0 Å². The van der Waals surface area contributed by atoms with Crippen LogP contribution in [0.25, 0.3) is 0 Å². The van der Waals surface area contributed by atoms with Crippen molar-refractivity contribution in [2.45, 2.75) is 51.7 Å². The van der Waals surface area contributed by atoms with Crippen molar-refractivity contribution in [3.05, 3.63) is 0 Å². The number of likely N-dealkylation sites (tertiary alicyclic amines) is 1. The maximum atomic E-state index is 11.6. The third-order valence-electron chi connectivity index (χ3n) is 2.62. The highest BCUT2D eigenvalue weighted by molar-refractivity contribution is 5.77. The molecule has 1 unspecified atom stereocenters. The molecule has 1 aliphatic heterocycles. The maximum Gasteiger partial charge on any atom is 0.223 e. The number of carbonyl (C=O) groups excluding carboxylic acids is 1. The van der Waals surface area contributed by atoms with Crippen molar-refractivity contribution in [2.24, 2.45) is 0 Å². The lowest BCUT2D eigenvalue weighted by molar-refractivity contribution is -0.134. The van der Waals surface area contributed by atoms with Crippen LogP contribution in [-0.4, -0.2) is 34.1 Å². The van der Waals surface area contributed by atoms with E-state index in [0.29, 0.717) is 19.4 Å². The largest absolute Gasteiger partial charge is 0.391 e. The van der Waals surface area contributed by atoms with Crippen molar-refractivity contribution in [3.63, 3.8) is 0 Å². The lowest BCUT2D eigenvalue weighted by Crippen LogP contribution is -2.42. The Morgan fingerprint density at radius 2 is 2.23 bits per heavy atom. The van der Waals surface area contributed by atoms with Crippen LogP contribution in [0.1, 0.15) is 40.0 Å². The van der Waals surface area contributed by atoms with E-state index in [9.17, 15) is 9.90 Å². The molecule has 0 saturated carbocycles. The van der Waals surface area contributed by atoms with Gasteiger partial charge in [0.15, 0.2) is 0 Å². The van der Waals surface area contributed by atoms with Crippen LogP contribution in [0.2, 0.25) is 0 Å². The van der Waals surface area contributed by atoms with Crippen molar-refractivity contribution in [1.29, 1.82) is 0 Å². The van der Waals surface area contributed by atoms with Gasteiger partial charge in [-0.25, -0.2) is 0 Å². The summed E-state index contributed by atoms with van der Waals surface area (Å²) >= 11 is 0. The Labute approximate surface area is 79.7 Å². The van der Waals surface area contributed by atoms with Gasteiger partial charge in [-0.2, -0.15) is 0 Å². The van der Waals surface area contributed by atoms with Crippen molar-refractivity contribution < 1.29 is 9.90 Å². The molecule has 0 spiro atoms. The molecule has 0 bridgehead atoms. The fourth-order valence-corrected chi connectivity index (χ4v) is 2.00. The molecule has 1 atom stereocenters. The molecule has 3 heteroatoms. The molecule has 1 N–H and O–H groups in total. The molecule has 3 nitrogen and oxygen atoms in total. The minimum Gasteiger partial charge on any atom is -0.391 e. The Balaban J connectivity index is 2.64. The summed E-state index contributed by atoms with van der Waals surface area (Å²) in [5.41, 5.74) is -0.161. The molecular weight excluding hydrogens is 166 g/mol. The minimum absolute atomic E-state index is 0.161. The summed E-state index contributed by atoms with van der Waals surface area (Å²) in [4.78, 5) is 13.4. The van der Waals surface area contributed by atoms with E-state index in [4.69, 9.17) is 0 Å². The van der Waals surface area contributed by atoms with Gasteiger partial charge in [-0.05, 0) is 26.7 Å². The Hall–Kier alpha value is -0.570. The van der Waals surface area contributed by atoms with Gasteiger partial charge in [0.1, 0.15) is 0 Å². The van der Waals surface area contributed by atoms with E-state index in [0.717, 1.165) is 6.42 Å². The highest BCUT2D eigenvalue weighted by Gasteiger charge is 2.39. The van der Waals surface area contributed by atoms with E-state index in [1.807, 2.05) is 20.8 Å². The molecule has 76 valence electrons. The molecule has 1 fully saturated rings.